The maximum atomic E-state index is 12.4. The van der Waals surface area contributed by atoms with Crippen molar-refractivity contribution in [3.8, 4) is 5.75 Å². The van der Waals surface area contributed by atoms with Crippen LogP contribution in [0.25, 0.3) is 10.9 Å². The van der Waals surface area contributed by atoms with Crippen molar-refractivity contribution in [2.24, 2.45) is 0 Å². The number of benzene rings is 1. The molecule has 1 unspecified atom stereocenters. The molecule has 4 rings (SSSR count). The highest BCUT2D eigenvalue weighted by Crippen LogP contribution is 2.25. The van der Waals surface area contributed by atoms with Gasteiger partial charge in [0.2, 0.25) is 5.91 Å². The van der Waals surface area contributed by atoms with E-state index in [0.29, 0.717) is 28.7 Å². The number of rotatable bonds is 6. The monoisotopic (exact) mass is 398 g/mol. The third-order valence-corrected chi connectivity index (χ3v) is 5.64. The van der Waals surface area contributed by atoms with Crippen LogP contribution in [0.1, 0.15) is 32.1 Å². The Balaban J connectivity index is 1.32. The molecule has 8 heteroatoms. The highest BCUT2D eigenvalue weighted by Gasteiger charge is 2.23. The minimum Gasteiger partial charge on any atom is -0.482 e. The summed E-state index contributed by atoms with van der Waals surface area (Å²) in [5.41, 5.74) is 0.792. The molecule has 1 amide bonds. The quantitative estimate of drug-likeness (QED) is 0.586. The predicted molar refractivity (Wildman–Crippen MR) is 106 cm³/mol. The Hall–Kier alpha value is -2.61. The zero-order chi connectivity index (χ0) is 19.3. The number of pyridine rings is 1. The third-order valence-electron chi connectivity index (χ3n) is 4.84. The van der Waals surface area contributed by atoms with Crippen molar-refractivity contribution < 1.29 is 13.9 Å². The molecule has 1 aliphatic rings. The number of aromatic nitrogens is 3. The van der Waals surface area contributed by atoms with Crippen LogP contribution >= 0.6 is 11.8 Å². The van der Waals surface area contributed by atoms with Gasteiger partial charge < -0.3 is 14.1 Å². The van der Waals surface area contributed by atoms with Gasteiger partial charge in [-0.15, -0.1) is 10.2 Å². The average molecular weight is 398 g/mol. The normalized spacial score (nSPS) is 17.0. The Labute approximate surface area is 167 Å². The van der Waals surface area contributed by atoms with Gasteiger partial charge in [-0.05, 0) is 38.3 Å². The van der Waals surface area contributed by atoms with Crippen LogP contribution in [-0.4, -0.2) is 44.3 Å². The molecule has 0 saturated carbocycles. The van der Waals surface area contributed by atoms with Crippen LogP contribution in [0.15, 0.2) is 46.2 Å². The number of likely N-dealkylation sites (tertiary alicyclic amines) is 1. The first-order chi connectivity index (χ1) is 13.7. The lowest BCUT2D eigenvalue weighted by molar-refractivity contribution is -0.131. The Morgan fingerprint density at radius 1 is 1.29 bits per heavy atom. The summed E-state index contributed by atoms with van der Waals surface area (Å²) in [6.07, 6.45) is 5.07. The number of amides is 1. The number of piperidine rings is 1. The second-order valence-corrected chi connectivity index (χ2v) is 7.73. The van der Waals surface area contributed by atoms with Crippen LogP contribution in [-0.2, 0) is 11.4 Å². The summed E-state index contributed by atoms with van der Waals surface area (Å²) in [4.78, 5) is 18.7. The van der Waals surface area contributed by atoms with E-state index in [9.17, 15) is 4.79 Å². The fourth-order valence-electron chi connectivity index (χ4n) is 3.36. The van der Waals surface area contributed by atoms with Crippen LogP contribution in [0, 0.1) is 0 Å². The van der Waals surface area contributed by atoms with Crippen LogP contribution in [0.3, 0.4) is 0 Å². The summed E-state index contributed by atoms with van der Waals surface area (Å²) in [6.45, 7) is 3.09. The molecule has 1 aliphatic heterocycles. The van der Waals surface area contributed by atoms with E-state index < -0.39 is 0 Å². The molecule has 3 aromatic rings. The van der Waals surface area contributed by atoms with Gasteiger partial charge in [-0.3, -0.25) is 9.78 Å². The molecule has 0 radical (unpaired) electrons. The summed E-state index contributed by atoms with van der Waals surface area (Å²) in [6, 6.07) is 9.94. The number of thioether (sulfide) groups is 1. The fourth-order valence-corrected chi connectivity index (χ4v) is 4.03. The Bertz CT molecular complexity index is 956. The van der Waals surface area contributed by atoms with E-state index in [4.69, 9.17) is 9.15 Å². The SMILES string of the molecule is CC1CCCCN1C(=O)CSc1nnc(COc2cccc3cccnc23)o1. The van der Waals surface area contributed by atoms with Crippen molar-refractivity contribution in [3.63, 3.8) is 0 Å². The van der Waals surface area contributed by atoms with Crippen LogP contribution < -0.4 is 4.74 Å². The van der Waals surface area contributed by atoms with Crippen molar-refractivity contribution in [2.45, 2.75) is 44.1 Å². The zero-order valence-corrected chi connectivity index (χ0v) is 16.5. The lowest BCUT2D eigenvalue weighted by Gasteiger charge is -2.33. The van der Waals surface area contributed by atoms with Crippen molar-refractivity contribution in [1.82, 2.24) is 20.1 Å². The van der Waals surface area contributed by atoms with Crippen molar-refractivity contribution in [1.29, 1.82) is 0 Å². The fraction of sp³-hybridized carbons (Fsp3) is 0.400. The lowest BCUT2D eigenvalue weighted by Crippen LogP contribution is -2.42. The molecule has 0 N–H and O–H groups in total. The number of hydrogen-bond donors (Lipinski definition) is 0. The number of fused-ring (bicyclic) bond motifs is 1. The number of carbonyl (C=O) groups excluding carboxylic acids is 1. The number of carbonyl (C=O) groups is 1. The van der Waals surface area contributed by atoms with Crippen molar-refractivity contribution in [3.05, 3.63) is 42.4 Å². The molecule has 3 heterocycles. The Morgan fingerprint density at radius 2 is 2.18 bits per heavy atom. The first-order valence-electron chi connectivity index (χ1n) is 9.42. The van der Waals surface area contributed by atoms with E-state index in [1.807, 2.05) is 35.2 Å². The highest BCUT2D eigenvalue weighted by atomic mass is 32.2. The van der Waals surface area contributed by atoms with E-state index in [1.165, 1.54) is 18.2 Å². The minimum atomic E-state index is 0.120. The first kappa shape index (κ1) is 18.7. The van der Waals surface area contributed by atoms with Crippen LogP contribution in [0.2, 0.25) is 0 Å². The molecule has 1 saturated heterocycles. The van der Waals surface area contributed by atoms with Gasteiger partial charge in [-0.1, -0.05) is 30.0 Å². The van der Waals surface area contributed by atoms with Crippen molar-refractivity contribution >= 4 is 28.6 Å². The number of para-hydroxylation sites is 1. The van der Waals surface area contributed by atoms with E-state index in [0.717, 1.165) is 30.3 Å². The summed E-state index contributed by atoms with van der Waals surface area (Å²) >= 11 is 1.27. The van der Waals surface area contributed by atoms with Gasteiger partial charge in [0.25, 0.3) is 11.1 Å². The molecule has 7 nitrogen and oxygen atoms in total. The molecule has 0 bridgehead atoms. The topological polar surface area (TPSA) is 81.4 Å². The van der Waals surface area contributed by atoms with Gasteiger partial charge in [0, 0.05) is 24.2 Å². The molecule has 28 heavy (non-hydrogen) atoms. The Morgan fingerprint density at radius 3 is 3.07 bits per heavy atom. The van der Waals surface area contributed by atoms with Gasteiger partial charge in [0.1, 0.15) is 11.3 Å². The summed E-state index contributed by atoms with van der Waals surface area (Å²) in [5, 5.41) is 9.40. The van der Waals surface area contributed by atoms with Gasteiger partial charge in [0.05, 0.1) is 5.75 Å². The first-order valence-corrected chi connectivity index (χ1v) is 10.4. The number of ether oxygens (including phenoxy) is 1. The van der Waals surface area contributed by atoms with E-state index in [2.05, 4.69) is 22.1 Å². The lowest BCUT2D eigenvalue weighted by atomic mass is 10.0. The highest BCUT2D eigenvalue weighted by molar-refractivity contribution is 7.99. The second-order valence-electron chi connectivity index (χ2n) is 6.80. The largest absolute Gasteiger partial charge is 0.482 e. The zero-order valence-electron chi connectivity index (χ0n) is 15.7. The predicted octanol–water partition coefficient (Wildman–Crippen LogP) is 3.69. The molecule has 1 fully saturated rings. The standard InChI is InChI=1S/C20H22N4O3S/c1-14-6-2-3-11-24(14)18(25)13-28-20-23-22-17(27-20)12-26-16-9-4-7-15-8-5-10-21-19(15)16/h4-5,7-10,14H,2-3,6,11-13H2,1H3. The Kier molecular flexibility index (Phi) is 5.76. The smallest absolute Gasteiger partial charge is 0.277 e. The molecular weight excluding hydrogens is 376 g/mol. The van der Waals surface area contributed by atoms with E-state index in [1.54, 1.807) is 6.20 Å². The van der Waals surface area contributed by atoms with E-state index >= 15 is 0 Å². The minimum absolute atomic E-state index is 0.120. The van der Waals surface area contributed by atoms with E-state index in [-0.39, 0.29) is 12.5 Å². The van der Waals surface area contributed by atoms with Gasteiger partial charge in [-0.2, -0.15) is 0 Å². The van der Waals surface area contributed by atoms with Gasteiger partial charge in [0.15, 0.2) is 6.61 Å². The molecule has 1 aromatic carbocycles. The summed E-state index contributed by atoms with van der Waals surface area (Å²) < 4.78 is 11.4. The molecule has 0 spiro atoms. The number of nitrogens with zero attached hydrogens (tertiary/aromatic N) is 4. The maximum absolute atomic E-state index is 12.4. The molecule has 0 aliphatic carbocycles. The van der Waals surface area contributed by atoms with Crippen LogP contribution in [0.4, 0.5) is 0 Å². The summed E-state index contributed by atoms with van der Waals surface area (Å²) in [5.74, 6) is 1.46. The molecular formula is C20H22N4O3S. The molecule has 2 aromatic heterocycles. The van der Waals surface area contributed by atoms with Gasteiger partial charge >= 0.3 is 0 Å². The number of hydrogen-bond acceptors (Lipinski definition) is 7. The summed E-state index contributed by atoms with van der Waals surface area (Å²) in [7, 11) is 0. The molecule has 146 valence electrons. The third kappa shape index (κ3) is 4.27. The van der Waals surface area contributed by atoms with Gasteiger partial charge in [-0.25, -0.2) is 0 Å². The van der Waals surface area contributed by atoms with Crippen LogP contribution in [0.5, 0.6) is 5.75 Å². The van der Waals surface area contributed by atoms with Crippen molar-refractivity contribution in [2.75, 3.05) is 12.3 Å². The second kappa shape index (κ2) is 8.60. The average Bonchev–Trinajstić information content (AvgIpc) is 3.18. The molecule has 1 atom stereocenters. The maximum Gasteiger partial charge on any atom is 0.277 e.